The van der Waals surface area contributed by atoms with E-state index in [1.54, 1.807) is 0 Å². The molecule has 3 aromatic carbocycles. The lowest BCUT2D eigenvalue weighted by Gasteiger charge is -2.17. The molecule has 0 heterocycles. The molecule has 2 atom stereocenters. The van der Waals surface area contributed by atoms with E-state index in [0.29, 0.717) is 13.2 Å². The summed E-state index contributed by atoms with van der Waals surface area (Å²) in [5, 5.41) is 0. The van der Waals surface area contributed by atoms with Crippen LogP contribution < -0.4 is 18.9 Å². The Balaban J connectivity index is 0.000000376. The minimum Gasteiger partial charge on any atom is -0.494 e. The molecule has 0 saturated carbocycles. The van der Waals surface area contributed by atoms with E-state index < -0.39 is 0 Å². The summed E-state index contributed by atoms with van der Waals surface area (Å²) in [5.74, 6) is 7.01. The van der Waals surface area contributed by atoms with E-state index in [2.05, 4.69) is 130 Å². The summed E-state index contributed by atoms with van der Waals surface area (Å²) in [7, 11) is 0. The number of aryl methyl sites for hydroxylation is 4. The van der Waals surface area contributed by atoms with E-state index in [-0.39, 0.29) is 0 Å². The Hall–Kier alpha value is -3.40. The highest BCUT2D eigenvalue weighted by atomic mass is 16.5. The van der Waals surface area contributed by atoms with Gasteiger partial charge in [0.05, 0.1) is 26.4 Å². The Morgan fingerprint density at radius 3 is 1.15 bits per heavy atom. The van der Waals surface area contributed by atoms with Crippen LogP contribution in [0.3, 0.4) is 0 Å². The Bertz CT molecular complexity index is 1340. The highest BCUT2D eigenvalue weighted by Crippen LogP contribution is 2.29. The van der Waals surface area contributed by atoms with Crippen molar-refractivity contribution < 1.29 is 18.9 Å². The summed E-state index contributed by atoms with van der Waals surface area (Å²) in [6.07, 6.45) is 14.4. The zero-order valence-corrected chi connectivity index (χ0v) is 35.2. The number of hydrogen-bond acceptors (Lipinski definition) is 4. The molecule has 0 saturated heterocycles. The Labute approximate surface area is 319 Å². The molecule has 0 aliphatic carbocycles. The summed E-state index contributed by atoms with van der Waals surface area (Å²) in [6.45, 7) is 29.3. The third-order valence-electron chi connectivity index (χ3n) is 9.66. The van der Waals surface area contributed by atoms with Gasteiger partial charge in [0.1, 0.15) is 23.0 Å². The molecule has 0 aliphatic heterocycles. The molecule has 0 aromatic heterocycles. The largest absolute Gasteiger partial charge is 0.494 e. The van der Waals surface area contributed by atoms with Gasteiger partial charge in [-0.3, -0.25) is 0 Å². The minimum atomic E-state index is 0.684. The van der Waals surface area contributed by atoms with E-state index in [9.17, 15) is 0 Å². The first-order valence-electron chi connectivity index (χ1n) is 20.3. The molecule has 4 heteroatoms. The zero-order chi connectivity index (χ0) is 38.5. The van der Waals surface area contributed by atoms with E-state index in [4.69, 9.17) is 18.9 Å². The summed E-state index contributed by atoms with van der Waals surface area (Å²) in [6, 6.07) is 16.8. The molecule has 3 rings (SSSR count). The van der Waals surface area contributed by atoms with Crippen LogP contribution in [0, 0.1) is 51.4 Å². The van der Waals surface area contributed by atoms with Crippen molar-refractivity contribution in [1.82, 2.24) is 0 Å². The highest BCUT2D eigenvalue weighted by molar-refractivity contribution is 5.71. The lowest BCUT2D eigenvalue weighted by Crippen LogP contribution is -2.07. The highest BCUT2D eigenvalue weighted by Gasteiger charge is 2.10. The van der Waals surface area contributed by atoms with Crippen LogP contribution in [-0.4, -0.2) is 26.4 Å². The third kappa shape index (κ3) is 17.9. The van der Waals surface area contributed by atoms with Crippen LogP contribution in [-0.2, 0) is 0 Å². The van der Waals surface area contributed by atoms with Crippen LogP contribution in [0.25, 0.3) is 12.2 Å². The molecule has 3 aromatic rings. The van der Waals surface area contributed by atoms with Gasteiger partial charge < -0.3 is 18.9 Å². The average molecular weight is 715 g/mol. The molecule has 2 unspecified atom stereocenters. The fraction of sp³-hybridized carbons (Fsp3) is 0.583. The molecular formula is C48H74O4. The van der Waals surface area contributed by atoms with Gasteiger partial charge in [0, 0.05) is 0 Å². The van der Waals surface area contributed by atoms with Crippen molar-refractivity contribution in [2.45, 2.75) is 134 Å². The van der Waals surface area contributed by atoms with Crippen molar-refractivity contribution in [1.29, 1.82) is 0 Å². The molecule has 0 fully saturated rings. The fourth-order valence-corrected chi connectivity index (χ4v) is 6.11. The maximum absolute atomic E-state index is 6.12. The van der Waals surface area contributed by atoms with E-state index in [1.165, 1.54) is 49.7 Å². The lowest BCUT2D eigenvalue weighted by atomic mass is 9.97. The molecule has 0 spiro atoms. The van der Waals surface area contributed by atoms with Crippen LogP contribution in [0.4, 0.5) is 0 Å². The molecule has 52 heavy (non-hydrogen) atoms. The monoisotopic (exact) mass is 715 g/mol. The molecular weight excluding hydrogens is 641 g/mol. The van der Waals surface area contributed by atoms with Crippen molar-refractivity contribution in [2.75, 3.05) is 26.4 Å². The molecule has 0 radical (unpaired) electrons. The summed E-state index contributed by atoms with van der Waals surface area (Å²) in [5.41, 5.74) is 6.93. The number of ether oxygens (including phenoxy) is 4. The number of rotatable bonds is 22. The van der Waals surface area contributed by atoms with Crippen LogP contribution in [0.15, 0.2) is 48.5 Å². The van der Waals surface area contributed by atoms with Crippen molar-refractivity contribution >= 4 is 12.2 Å². The van der Waals surface area contributed by atoms with Crippen molar-refractivity contribution in [3.05, 3.63) is 81.9 Å². The van der Waals surface area contributed by atoms with Gasteiger partial charge in [-0.05, 0) is 136 Å². The SMILES string of the molecule is CCOc1cc(/C=C/c2ccc(C)c(OCC)c2)ccc1C.Cc1cc(OCCC(C)CCCC(C)C)c(C)cc1OCCC(C)CCCC(C)C. The predicted molar refractivity (Wildman–Crippen MR) is 225 cm³/mol. The second-order valence-corrected chi connectivity index (χ2v) is 15.8. The summed E-state index contributed by atoms with van der Waals surface area (Å²) >= 11 is 0. The van der Waals surface area contributed by atoms with Crippen LogP contribution in [0.5, 0.6) is 23.0 Å². The van der Waals surface area contributed by atoms with Crippen LogP contribution >= 0.6 is 0 Å². The van der Waals surface area contributed by atoms with Crippen LogP contribution in [0.1, 0.15) is 140 Å². The topological polar surface area (TPSA) is 36.9 Å². The Morgan fingerprint density at radius 2 is 0.808 bits per heavy atom. The Kier molecular flexibility index (Phi) is 21.3. The normalized spacial score (nSPS) is 12.5. The van der Waals surface area contributed by atoms with Crippen LogP contribution in [0.2, 0.25) is 0 Å². The van der Waals surface area contributed by atoms with Gasteiger partial charge in [0.25, 0.3) is 0 Å². The van der Waals surface area contributed by atoms with Gasteiger partial charge in [-0.1, -0.05) is 116 Å². The standard InChI is InChI=1S/C28H50O2.C20H24O2/c1-21(2)11-9-13-23(5)15-17-29-27-19-26(8)28(20-25(27)7)30-18-16-24(6)14-10-12-22(3)4;1-5-21-19-13-17(9-7-15(19)3)11-12-18-10-8-16(4)20(14-18)22-6-2/h19-24H,9-18H2,1-8H3;7-14H,5-6H2,1-4H3/b;12-11+. The minimum absolute atomic E-state index is 0.684. The fourth-order valence-electron chi connectivity index (χ4n) is 6.11. The first-order valence-corrected chi connectivity index (χ1v) is 20.3. The molecule has 0 bridgehead atoms. The molecule has 0 N–H and O–H groups in total. The average Bonchev–Trinajstić information content (AvgIpc) is 3.08. The van der Waals surface area contributed by atoms with E-state index in [1.807, 2.05) is 13.8 Å². The van der Waals surface area contributed by atoms with Gasteiger partial charge in [-0.2, -0.15) is 0 Å². The van der Waals surface area contributed by atoms with Crippen molar-refractivity contribution in [3.8, 4) is 23.0 Å². The first kappa shape index (κ1) is 44.8. The van der Waals surface area contributed by atoms with Gasteiger partial charge in [0.15, 0.2) is 0 Å². The second kappa shape index (κ2) is 24.8. The Morgan fingerprint density at radius 1 is 0.442 bits per heavy atom. The zero-order valence-electron chi connectivity index (χ0n) is 35.2. The molecule has 0 aliphatic rings. The smallest absolute Gasteiger partial charge is 0.122 e. The summed E-state index contributed by atoms with van der Waals surface area (Å²) < 4.78 is 23.5. The number of benzene rings is 3. The van der Waals surface area contributed by atoms with Gasteiger partial charge >= 0.3 is 0 Å². The lowest BCUT2D eigenvalue weighted by molar-refractivity contribution is 0.267. The maximum atomic E-state index is 6.12. The molecule has 4 nitrogen and oxygen atoms in total. The third-order valence-corrected chi connectivity index (χ3v) is 9.66. The van der Waals surface area contributed by atoms with Crippen molar-refractivity contribution in [2.24, 2.45) is 23.7 Å². The van der Waals surface area contributed by atoms with Gasteiger partial charge in [-0.25, -0.2) is 0 Å². The van der Waals surface area contributed by atoms with Gasteiger partial charge in [-0.15, -0.1) is 0 Å². The van der Waals surface area contributed by atoms with Gasteiger partial charge in [0.2, 0.25) is 0 Å². The maximum Gasteiger partial charge on any atom is 0.122 e. The van der Waals surface area contributed by atoms with Crippen molar-refractivity contribution in [3.63, 3.8) is 0 Å². The van der Waals surface area contributed by atoms with E-state index in [0.717, 1.165) is 95.0 Å². The summed E-state index contributed by atoms with van der Waals surface area (Å²) in [4.78, 5) is 0. The second-order valence-electron chi connectivity index (χ2n) is 15.8. The quantitative estimate of drug-likeness (QED) is 0.0971. The molecule has 0 amide bonds. The molecule has 290 valence electrons. The number of hydrogen-bond donors (Lipinski definition) is 0. The predicted octanol–water partition coefficient (Wildman–Crippen LogP) is 14.0. The first-order chi connectivity index (χ1) is 24.8. The van der Waals surface area contributed by atoms with E-state index >= 15 is 0 Å².